The maximum atomic E-state index is 13.1. The van der Waals surface area contributed by atoms with Crippen molar-refractivity contribution in [2.24, 2.45) is 5.16 Å². The molecule has 0 unspecified atom stereocenters. The summed E-state index contributed by atoms with van der Waals surface area (Å²) in [5, 5.41) is 10.7. The van der Waals surface area contributed by atoms with Gasteiger partial charge in [-0.1, -0.05) is 40.0 Å². The molecule has 0 aliphatic rings. The molecule has 0 atom stereocenters. The van der Waals surface area contributed by atoms with Crippen LogP contribution in [0.3, 0.4) is 0 Å². The van der Waals surface area contributed by atoms with Gasteiger partial charge in [-0.2, -0.15) is 0 Å². The summed E-state index contributed by atoms with van der Waals surface area (Å²) in [6, 6.07) is 2.32. The second kappa shape index (κ2) is 4.13. The summed E-state index contributed by atoms with van der Waals surface area (Å²) in [7, 11) is 0. The van der Waals surface area contributed by atoms with Crippen LogP contribution in [0.15, 0.2) is 17.3 Å². The smallest absolute Gasteiger partial charge is 0.179 e. The van der Waals surface area contributed by atoms with Gasteiger partial charge in [0.25, 0.3) is 0 Å². The Kier molecular flexibility index (Phi) is 3.36. The SMILES string of the molecule is O/N=C(/Cl)c1c(F)cc(Cl)cc1Cl. The maximum absolute atomic E-state index is 13.1. The molecule has 6 heteroatoms. The zero-order valence-corrected chi connectivity index (χ0v) is 8.33. The first-order chi connectivity index (χ1) is 6.06. The van der Waals surface area contributed by atoms with E-state index in [4.69, 9.17) is 40.0 Å². The second-order valence-electron chi connectivity index (χ2n) is 2.14. The van der Waals surface area contributed by atoms with Gasteiger partial charge in [0.2, 0.25) is 0 Å². The molecule has 2 nitrogen and oxygen atoms in total. The van der Waals surface area contributed by atoms with Gasteiger partial charge in [0.05, 0.1) is 10.6 Å². The molecular formula is C7H3Cl3FNO. The highest BCUT2D eigenvalue weighted by molar-refractivity contribution is 6.70. The van der Waals surface area contributed by atoms with E-state index in [-0.39, 0.29) is 15.6 Å². The summed E-state index contributed by atoms with van der Waals surface area (Å²) >= 11 is 16.5. The molecule has 1 aromatic carbocycles. The lowest BCUT2D eigenvalue weighted by molar-refractivity contribution is 0.320. The third kappa shape index (κ3) is 2.24. The van der Waals surface area contributed by atoms with E-state index in [9.17, 15) is 4.39 Å². The van der Waals surface area contributed by atoms with Gasteiger partial charge in [0.1, 0.15) is 5.82 Å². The number of rotatable bonds is 1. The van der Waals surface area contributed by atoms with Crippen LogP contribution in [0.25, 0.3) is 0 Å². The summed E-state index contributed by atoms with van der Waals surface area (Å²) in [6.45, 7) is 0. The first-order valence-corrected chi connectivity index (χ1v) is 4.22. The minimum Gasteiger partial charge on any atom is -0.410 e. The van der Waals surface area contributed by atoms with Gasteiger partial charge < -0.3 is 5.21 Å². The van der Waals surface area contributed by atoms with Crippen LogP contribution in [0.2, 0.25) is 10.0 Å². The highest BCUT2D eigenvalue weighted by Crippen LogP contribution is 2.25. The van der Waals surface area contributed by atoms with Crippen LogP contribution in [0.4, 0.5) is 4.39 Å². The van der Waals surface area contributed by atoms with Gasteiger partial charge in [0.15, 0.2) is 5.17 Å². The van der Waals surface area contributed by atoms with Gasteiger partial charge in [0, 0.05) is 5.02 Å². The predicted octanol–water partition coefficient (Wildman–Crippen LogP) is 3.51. The van der Waals surface area contributed by atoms with Crippen LogP contribution in [-0.4, -0.2) is 10.4 Å². The maximum Gasteiger partial charge on any atom is 0.179 e. The summed E-state index contributed by atoms with van der Waals surface area (Å²) in [6.07, 6.45) is 0. The zero-order chi connectivity index (χ0) is 10.0. The molecule has 13 heavy (non-hydrogen) atoms. The quantitative estimate of drug-likeness (QED) is 0.456. The van der Waals surface area contributed by atoms with Crippen molar-refractivity contribution in [1.29, 1.82) is 0 Å². The Morgan fingerprint density at radius 2 is 2.00 bits per heavy atom. The molecule has 0 aromatic heterocycles. The monoisotopic (exact) mass is 241 g/mol. The summed E-state index contributed by atoms with van der Waals surface area (Å²) < 4.78 is 13.1. The van der Waals surface area contributed by atoms with E-state index >= 15 is 0 Å². The average molecular weight is 242 g/mol. The van der Waals surface area contributed by atoms with Crippen molar-refractivity contribution < 1.29 is 9.60 Å². The topological polar surface area (TPSA) is 32.6 Å². The number of benzene rings is 1. The second-order valence-corrected chi connectivity index (χ2v) is 3.34. The van der Waals surface area contributed by atoms with Crippen LogP contribution < -0.4 is 0 Å². The van der Waals surface area contributed by atoms with Crippen molar-refractivity contribution in [2.75, 3.05) is 0 Å². The molecule has 0 amide bonds. The lowest BCUT2D eigenvalue weighted by Crippen LogP contribution is -1.97. The van der Waals surface area contributed by atoms with Crippen LogP contribution >= 0.6 is 34.8 Å². The van der Waals surface area contributed by atoms with Crippen molar-refractivity contribution in [1.82, 2.24) is 0 Å². The molecule has 0 spiro atoms. The molecule has 1 rings (SSSR count). The molecule has 1 aromatic rings. The number of hydrogen-bond donors (Lipinski definition) is 1. The first kappa shape index (κ1) is 10.6. The minimum absolute atomic E-state index is 0.00667. The summed E-state index contributed by atoms with van der Waals surface area (Å²) in [5.41, 5.74) is -0.171. The molecular weight excluding hydrogens is 239 g/mol. The van der Waals surface area contributed by atoms with E-state index in [1.165, 1.54) is 6.07 Å². The summed E-state index contributed by atoms with van der Waals surface area (Å²) in [5.74, 6) is -0.736. The number of halogens is 4. The number of hydrogen-bond acceptors (Lipinski definition) is 2. The Balaban J connectivity index is 3.37. The van der Waals surface area contributed by atoms with E-state index in [0.29, 0.717) is 0 Å². The molecule has 0 saturated heterocycles. The van der Waals surface area contributed by atoms with Crippen molar-refractivity contribution in [3.05, 3.63) is 33.6 Å². The fraction of sp³-hybridized carbons (Fsp3) is 0. The average Bonchev–Trinajstić information content (AvgIpc) is 2.02. The Labute approximate surface area is 88.5 Å². The molecule has 0 saturated carbocycles. The van der Waals surface area contributed by atoms with Gasteiger partial charge in [-0.25, -0.2) is 4.39 Å². The molecule has 1 N–H and O–H groups in total. The van der Waals surface area contributed by atoms with Crippen molar-refractivity contribution in [2.45, 2.75) is 0 Å². The van der Waals surface area contributed by atoms with Crippen molar-refractivity contribution >= 4 is 40.0 Å². The molecule has 0 bridgehead atoms. The lowest BCUT2D eigenvalue weighted by atomic mass is 10.2. The number of nitrogens with zero attached hydrogens (tertiary/aromatic N) is 1. The fourth-order valence-corrected chi connectivity index (χ4v) is 1.59. The molecule has 0 aliphatic heterocycles. The normalized spacial score (nSPS) is 11.8. The largest absolute Gasteiger partial charge is 0.410 e. The van der Waals surface area contributed by atoms with Gasteiger partial charge in [-0.05, 0) is 12.1 Å². The van der Waals surface area contributed by atoms with Gasteiger partial charge in [-0.15, -0.1) is 0 Å². The van der Waals surface area contributed by atoms with E-state index in [2.05, 4.69) is 5.16 Å². The Bertz CT molecular complexity index is 344. The van der Waals surface area contributed by atoms with Crippen LogP contribution in [0, 0.1) is 5.82 Å². The molecule has 0 fully saturated rings. The Morgan fingerprint density at radius 1 is 1.38 bits per heavy atom. The van der Waals surface area contributed by atoms with E-state index in [1.54, 1.807) is 0 Å². The zero-order valence-electron chi connectivity index (χ0n) is 6.06. The van der Waals surface area contributed by atoms with Crippen LogP contribution in [0.5, 0.6) is 0 Å². The highest BCUT2D eigenvalue weighted by Gasteiger charge is 2.13. The molecule has 0 heterocycles. The van der Waals surface area contributed by atoms with Gasteiger partial charge >= 0.3 is 0 Å². The van der Waals surface area contributed by atoms with E-state index in [0.717, 1.165) is 6.07 Å². The molecule has 0 aliphatic carbocycles. The van der Waals surface area contributed by atoms with Crippen molar-refractivity contribution in [3.63, 3.8) is 0 Å². The lowest BCUT2D eigenvalue weighted by Gasteiger charge is -2.02. The predicted molar refractivity (Wildman–Crippen MR) is 50.6 cm³/mol. The van der Waals surface area contributed by atoms with E-state index in [1.807, 2.05) is 0 Å². The molecule has 0 radical (unpaired) electrons. The minimum atomic E-state index is -0.736. The highest BCUT2D eigenvalue weighted by atomic mass is 35.5. The Hall–Kier alpha value is -0.510. The van der Waals surface area contributed by atoms with Gasteiger partial charge in [-0.3, -0.25) is 0 Å². The summed E-state index contributed by atoms with van der Waals surface area (Å²) in [4.78, 5) is 0. The fourth-order valence-electron chi connectivity index (χ4n) is 0.789. The number of oxime groups is 1. The first-order valence-electron chi connectivity index (χ1n) is 3.08. The molecule has 70 valence electrons. The standard InChI is InChI=1S/C7H3Cl3FNO/c8-3-1-4(9)6(5(11)2-3)7(10)12-13/h1-2,13H/b12-7+. The third-order valence-corrected chi connectivity index (χ3v) is 2.08. The van der Waals surface area contributed by atoms with Crippen LogP contribution in [0.1, 0.15) is 5.56 Å². The third-order valence-electron chi connectivity index (χ3n) is 1.30. The Morgan fingerprint density at radius 3 is 2.46 bits per heavy atom. The van der Waals surface area contributed by atoms with Crippen LogP contribution in [-0.2, 0) is 0 Å². The van der Waals surface area contributed by atoms with E-state index < -0.39 is 11.0 Å². The van der Waals surface area contributed by atoms with Crippen molar-refractivity contribution in [3.8, 4) is 0 Å².